The van der Waals surface area contributed by atoms with E-state index in [4.69, 9.17) is 4.52 Å². The molecule has 3 heterocycles. The fourth-order valence-electron chi connectivity index (χ4n) is 2.36. The van der Waals surface area contributed by atoms with E-state index in [0.29, 0.717) is 29.2 Å². The van der Waals surface area contributed by atoms with E-state index in [-0.39, 0.29) is 5.91 Å². The lowest BCUT2D eigenvalue weighted by molar-refractivity contribution is 0.0953. The van der Waals surface area contributed by atoms with Gasteiger partial charge in [0.2, 0.25) is 0 Å². The molecule has 0 unspecified atom stereocenters. The number of nitrogens with zero attached hydrogens (tertiary/aromatic N) is 3. The van der Waals surface area contributed by atoms with Gasteiger partial charge in [-0.25, -0.2) is 4.98 Å². The Bertz CT molecular complexity index is 827. The molecule has 0 aliphatic heterocycles. The minimum atomic E-state index is -0.146. The second-order valence-electron chi connectivity index (χ2n) is 5.36. The number of amides is 1. The zero-order chi connectivity index (χ0) is 16.2. The minimum Gasteiger partial charge on any atom is -0.352 e. The molecule has 0 fully saturated rings. The molecular weight excluding hydrogens is 292 g/mol. The number of hydrogen-bond acceptors (Lipinski definition) is 5. The lowest BCUT2D eigenvalue weighted by atomic mass is 10.0. The summed E-state index contributed by atoms with van der Waals surface area (Å²) in [6, 6.07) is 5.47. The molecule has 0 aliphatic rings. The number of aryl methyl sites for hydroxylation is 1. The van der Waals surface area contributed by atoms with Gasteiger partial charge in [-0.2, -0.15) is 0 Å². The van der Waals surface area contributed by atoms with Crippen LogP contribution in [0.15, 0.2) is 35.1 Å². The van der Waals surface area contributed by atoms with Crippen LogP contribution >= 0.6 is 0 Å². The maximum Gasteiger partial charge on any atom is 0.258 e. The summed E-state index contributed by atoms with van der Waals surface area (Å²) < 4.78 is 5.23. The first-order chi connectivity index (χ1) is 11.2. The molecule has 0 radical (unpaired) electrons. The van der Waals surface area contributed by atoms with Crippen molar-refractivity contribution in [3.8, 4) is 11.3 Å². The van der Waals surface area contributed by atoms with E-state index in [2.05, 4.69) is 27.4 Å². The second-order valence-corrected chi connectivity index (χ2v) is 5.36. The van der Waals surface area contributed by atoms with Crippen molar-refractivity contribution in [3.05, 3.63) is 41.9 Å². The topological polar surface area (TPSA) is 80.9 Å². The molecule has 0 aromatic carbocycles. The van der Waals surface area contributed by atoms with Crippen molar-refractivity contribution < 1.29 is 9.32 Å². The summed E-state index contributed by atoms with van der Waals surface area (Å²) in [7, 11) is 0. The lowest BCUT2D eigenvalue weighted by Gasteiger charge is -2.09. The molecule has 1 N–H and O–H groups in total. The average molecular weight is 310 g/mol. The van der Waals surface area contributed by atoms with Crippen LogP contribution in [0.25, 0.3) is 22.4 Å². The smallest absolute Gasteiger partial charge is 0.258 e. The molecule has 6 nitrogen and oxygen atoms in total. The minimum absolute atomic E-state index is 0.146. The number of carbonyl (C=O) groups excluding carboxylic acids is 1. The van der Waals surface area contributed by atoms with Crippen molar-refractivity contribution in [1.29, 1.82) is 0 Å². The highest BCUT2D eigenvalue weighted by Gasteiger charge is 2.18. The fraction of sp³-hybridized carbons (Fsp3) is 0.294. The van der Waals surface area contributed by atoms with Gasteiger partial charge in [0.05, 0.1) is 22.3 Å². The average Bonchev–Trinajstić information content (AvgIpc) is 2.95. The van der Waals surface area contributed by atoms with Crippen molar-refractivity contribution in [1.82, 2.24) is 20.4 Å². The fourth-order valence-corrected chi connectivity index (χ4v) is 2.36. The third-order valence-corrected chi connectivity index (χ3v) is 3.64. The Morgan fingerprint density at radius 1 is 1.39 bits per heavy atom. The molecule has 3 rings (SSSR count). The molecule has 0 atom stereocenters. The van der Waals surface area contributed by atoms with E-state index in [0.717, 1.165) is 23.8 Å². The Morgan fingerprint density at radius 3 is 3.00 bits per heavy atom. The van der Waals surface area contributed by atoms with Gasteiger partial charge in [-0.15, -0.1) is 0 Å². The number of carbonyl (C=O) groups is 1. The zero-order valence-corrected chi connectivity index (χ0v) is 13.2. The summed E-state index contributed by atoms with van der Waals surface area (Å²) >= 11 is 0. The molecule has 23 heavy (non-hydrogen) atoms. The number of aromatic nitrogens is 3. The summed E-state index contributed by atoms with van der Waals surface area (Å²) in [5, 5.41) is 7.61. The summed E-state index contributed by atoms with van der Waals surface area (Å²) in [6.45, 7) is 4.56. The van der Waals surface area contributed by atoms with Crippen LogP contribution in [-0.4, -0.2) is 27.6 Å². The van der Waals surface area contributed by atoms with Gasteiger partial charge in [-0.05, 0) is 31.5 Å². The van der Waals surface area contributed by atoms with Crippen LogP contribution in [0, 0.1) is 6.92 Å². The van der Waals surface area contributed by atoms with Crippen LogP contribution in [0.4, 0.5) is 0 Å². The first-order valence-corrected chi connectivity index (χ1v) is 7.66. The van der Waals surface area contributed by atoms with E-state index >= 15 is 0 Å². The van der Waals surface area contributed by atoms with Gasteiger partial charge in [-0.3, -0.25) is 9.78 Å². The summed E-state index contributed by atoms with van der Waals surface area (Å²) in [6.07, 6.45) is 5.33. The number of hydrogen-bond donors (Lipinski definition) is 1. The summed E-state index contributed by atoms with van der Waals surface area (Å²) in [5.41, 5.74) is 2.96. The molecule has 0 bridgehead atoms. The molecule has 0 saturated carbocycles. The Hall–Kier alpha value is -2.76. The predicted octanol–water partition coefficient (Wildman–Crippen LogP) is 3.12. The summed E-state index contributed by atoms with van der Waals surface area (Å²) in [4.78, 5) is 21.2. The Morgan fingerprint density at radius 2 is 2.26 bits per heavy atom. The van der Waals surface area contributed by atoms with E-state index in [9.17, 15) is 4.79 Å². The molecule has 0 saturated heterocycles. The SMILES string of the molecule is CCCCNC(=O)c1cc2c(C)noc2nc1-c1cccnc1. The van der Waals surface area contributed by atoms with Crippen LogP contribution < -0.4 is 5.32 Å². The highest BCUT2D eigenvalue weighted by molar-refractivity contribution is 6.02. The van der Waals surface area contributed by atoms with Crippen molar-refractivity contribution >= 4 is 17.0 Å². The maximum absolute atomic E-state index is 12.6. The second kappa shape index (κ2) is 6.56. The first kappa shape index (κ1) is 15.1. The zero-order valence-electron chi connectivity index (χ0n) is 13.2. The van der Waals surface area contributed by atoms with E-state index < -0.39 is 0 Å². The van der Waals surface area contributed by atoms with Gasteiger partial charge in [-0.1, -0.05) is 18.5 Å². The third-order valence-electron chi connectivity index (χ3n) is 3.64. The van der Waals surface area contributed by atoms with Gasteiger partial charge in [0, 0.05) is 24.5 Å². The Labute approximate surface area is 133 Å². The highest BCUT2D eigenvalue weighted by atomic mass is 16.5. The van der Waals surface area contributed by atoms with Gasteiger partial charge in [0.25, 0.3) is 11.6 Å². The predicted molar refractivity (Wildman–Crippen MR) is 87.0 cm³/mol. The quantitative estimate of drug-likeness (QED) is 0.732. The van der Waals surface area contributed by atoms with Gasteiger partial charge in [0.15, 0.2) is 0 Å². The van der Waals surface area contributed by atoms with E-state index in [1.54, 1.807) is 18.5 Å². The highest BCUT2D eigenvalue weighted by Crippen LogP contribution is 2.26. The molecular formula is C17H18N4O2. The molecule has 3 aromatic heterocycles. The van der Waals surface area contributed by atoms with Gasteiger partial charge in [0.1, 0.15) is 0 Å². The number of pyridine rings is 2. The standard InChI is InChI=1S/C17H18N4O2/c1-3-4-8-19-16(22)14-9-13-11(2)21-23-17(13)20-15(14)12-6-5-7-18-10-12/h5-7,9-10H,3-4,8H2,1-2H3,(H,19,22). The Balaban J connectivity index is 2.09. The molecule has 118 valence electrons. The van der Waals surface area contributed by atoms with Gasteiger partial charge < -0.3 is 9.84 Å². The number of rotatable bonds is 5. The van der Waals surface area contributed by atoms with Crippen LogP contribution in [-0.2, 0) is 0 Å². The maximum atomic E-state index is 12.6. The van der Waals surface area contributed by atoms with Crippen molar-refractivity contribution in [2.24, 2.45) is 0 Å². The van der Waals surface area contributed by atoms with E-state index in [1.165, 1.54) is 0 Å². The first-order valence-electron chi connectivity index (χ1n) is 7.66. The summed E-state index contributed by atoms with van der Waals surface area (Å²) in [5.74, 6) is -0.146. The molecule has 0 spiro atoms. The van der Waals surface area contributed by atoms with E-state index in [1.807, 2.05) is 19.1 Å². The normalized spacial score (nSPS) is 10.9. The third kappa shape index (κ3) is 3.06. The molecule has 6 heteroatoms. The molecule has 0 aliphatic carbocycles. The van der Waals surface area contributed by atoms with Crippen LogP contribution in [0.2, 0.25) is 0 Å². The van der Waals surface area contributed by atoms with Crippen molar-refractivity contribution in [3.63, 3.8) is 0 Å². The Kier molecular flexibility index (Phi) is 4.32. The molecule has 3 aromatic rings. The van der Waals surface area contributed by atoms with Crippen molar-refractivity contribution in [2.75, 3.05) is 6.54 Å². The van der Waals surface area contributed by atoms with Crippen LogP contribution in [0.5, 0.6) is 0 Å². The number of unbranched alkanes of at least 4 members (excludes halogenated alkanes) is 1. The van der Waals surface area contributed by atoms with Crippen LogP contribution in [0.3, 0.4) is 0 Å². The van der Waals surface area contributed by atoms with Gasteiger partial charge >= 0.3 is 0 Å². The van der Waals surface area contributed by atoms with Crippen LogP contribution in [0.1, 0.15) is 35.8 Å². The van der Waals surface area contributed by atoms with Crippen molar-refractivity contribution in [2.45, 2.75) is 26.7 Å². The number of fused-ring (bicyclic) bond motifs is 1. The number of nitrogens with one attached hydrogen (secondary N) is 1. The molecule has 1 amide bonds. The largest absolute Gasteiger partial charge is 0.352 e. The lowest BCUT2D eigenvalue weighted by Crippen LogP contribution is -2.25. The monoisotopic (exact) mass is 310 g/mol.